The number of nitrogens with one attached hydrogen (secondary N) is 1. The van der Waals surface area contributed by atoms with Crippen LogP contribution in [0.3, 0.4) is 0 Å². The molecule has 2 aromatic carbocycles. The lowest BCUT2D eigenvalue weighted by atomic mass is 10.0. The van der Waals surface area contributed by atoms with Crippen molar-refractivity contribution in [2.45, 2.75) is 31.7 Å². The van der Waals surface area contributed by atoms with Crippen LogP contribution >= 0.6 is 0 Å². The third-order valence-electron chi connectivity index (χ3n) is 5.28. The van der Waals surface area contributed by atoms with Crippen LogP contribution in [0.2, 0.25) is 0 Å². The zero-order chi connectivity index (χ0) is 26.1. The first kappa shape index (κ1) is 25.1. The minimum absolute atomic E-state index is 0.0116. The summed E-state index contributed by atoms with van der Waals surface area (Å²) in [5.74, 6) is -1.05. The molecule has 188 valence electrons. The average molecular weight is 501 g/mol. The lowest BCUT2D eigenvalue weighted by Crippen LogP contribution is -2.48. The van der Waals surface area contributed by atoms with Gasteiger partial charge in [-0.1, -0.05) is 47.6 Å². The van der Waals surface area contributed by atoms with Gasteiger partial charge < -0.3 is 20.1 Å². The van der Waals surface area contributed by atoms with Gasteiger partial charge in [0, 0.05) is 5.56 Å². The van der Waals surface area contributed by atoms with E-state index in [9.17, 15) is 28.2 Å². The molecule has 1 amide bonds. The number of carbonyl (C=O) groups excluding carboxylic acids is 1. The Kier molecular flexibility index (Phi) is 6.65. The number of halogens is 3. The molecule has 0 aliphatic rings. The van der Waals surface area contributed by atoms with Crippen molar-refractivity contribution >= 4 is 5.91 Å². The van der Waals surface area contributed by atoms with Crippen molar-refractivity contribution in [3.63, 3.8) is 0 Å². The minimum Gasteiger partial charge on any atom is -0.394 e. The summed E-state index contributed by atoms with van der Waals surface area (Å²) in [6.07, 6.45) is -5.23. The summed E-state index contributed by atoms with van der Waals surface area (Å²) in [6.45, 7) is 2.88. The molecule has 4 aromatic rings. The van der Waals surface area contributed by atoms with Crippen molar-refractivity contribution in [2.24, 2.45) is 0 Å². The molecule has 0 radical (unpaired) electrons. The number of benzene rings is 2. The van der Waals surface area contributed by atoms with E-state index in [4.69, 9.17) is 4.52 Å². The van der Waals surface area contributed by atoms with Crippen LogP contribution in [0, 0.1) is 0 Å². The Morgan fingerprint density at radius 2 is 1.78 bits per heavy atom. The lowest BCUT2D eigenvalue weighted by molar-refractivity contribution is -0.142. The first-order valence-electron chi connectivity index (χ1n) is 10.8. The smallest absolute Gasteiger partial charge is 0.394 e. The number of para-hydroxylation sites is 1. The van der Waals surface area contributed by atoms with Gasteiger partial charge in [0.2, 0.25) is 5.82 Å². The van der Waals surface area contributed by atoms with E-state index >= 15 is 0 Å². The molecule has 0 saturated carbocycles. The van der Waals surface area contributed by atoms with Gasteiger partial charge in [-0.15, -0.1) is 0 Å². The van der Waals surface area contributed by atoms with E-state index in [2.05, 4.69) is 20.6 Å². The van der Waals surface area contributed by atoms with Gasteiger partial charge in [-0.05, 0) is 31.5 Å². The van der Waals surface area contributed by atoms with Crippen LogP contribution in [0.15, 0.2) is 65.3 Å². The number of hydrogen-bond acceptors (Lipinski definition) is 7. The van der Waals surface area contributed by atoms with Gasteiger partial charge in [-0.2, -0.15) is 23.3 Å². The minimum atomic E-state index is -4.75. The van der Waals surface area contributed by atoms with Gasteiger partial charge in [0.15, 0.2) is 11.8 Å². The molecule has 0 aliphatic heterocycles. The third kappa shape index (κ3) is 5.14. The van der Waals surface area contributed by atoms with Crippen molar-refractivity contribution in [2.75, 3.05) is 6.61 Å². The Morgan fingerprint density at radius 3 is 2.39 bits per heavy atom. The van der Waals surface area contributed by atoms with E-state index in [0.717, 1.165) is 10.9 Å². The molecule has 1 atom stereocenters. The highest BCUT2D eigenvalue weighted by Gasteiger charge is 2.40. The van der Waals surface area contributed by atoms with E-state index in [-0.39, 0.29) is 35.1 Å². The lowest BCUT2D eigenvalue weighted by Gasteiger charge is -2.25. The second-order valence-electron chi connectivity index (χ2n) is 8.63. The van der Waals surface area contributed by atoms with Crippen LogP contribution in [0.5, 0.6) is 0 Å². The molecule has 36 heavy (non-hydrogen) atoms. The fourth-order valence-corrected chi connectivity index (χ4v) is 3.40. The van der Waals surface area contributed by atoms with Crippen LogP contribution < -0.4 is 5.32 Å². The second-order valence-corrected chi connectivity index (χ2v) is 8.63. The van der Waals surface area contributed by atoms with Crippen LogP contribution in [0.4, 0.5) is 13.2 Å². The summed E-state index contributed by atoms with van der Waals surface area (Å²) in [5.41, 5.74) is -1.48. The zero-order valence-corrected chi connectivity index (χ0v) is 19.2. The van der Waals surface area contributed by atoms with Crippen molar-refractivity contribution in [1.82, 2.24) is 25.2 Å². The Balaban J connectivity index is 1.60. The fraction of sp³-hybridized carbons (Fsp3) is 0.250. The molecule has 0 fully saturated rings. The largest absolute Gasteiger partial charge is 0.434 e. The SMILES string of the molecule is CC(C)(CO)NC(=O)C(O)c1ccc(-c2noc(-c3cnn(-c4ccccc4)c3C(F)(F)F)n2)cc1. The van der Waals surface area contributed by atoms with Crippen LogP contribution in [-0.4, -0.2) is 48.2 Å². The Hall–Kier alpha value is -4.03. The van der Waals surface area contributed by atoms with E-state index in [1.54, 1.807) is 32.0 Å². The predicted molar refractivity (Wildman–Crippen MR) is 122 cm³/mol. The Morgan fingerprint density at radius 1 is 1.11 bits per heavy atom. The van der Waals surface area contributed by atoms with Crippen molar-refractivity contribution in [3.05, 3.63) is 72.1 Å². The highest BCUT2D eigenvalue weighted by Crippen LogP contribution is 2.38. The van der Waals surface area contributed by atoms with E-state index in [1.165, 1.54) is 36.4 Å². The maximum atomic E-state index is 13.9. The van der Waals surface area contributed by atoms with Crippen LogP contribution in [0.25, 0.3) is 28.5 Å². The van der Waals surface area contributed by atoms with Gasteiger partial charge in [-0.25, -0.2) is 4.68 Å². The van der Waals surface area contributed by atoms with Crippen molar-refractivity contribution in [1.29, 1.82) is 0 Å². The number of hydrogen-bond donors (Lipinski definition) is 3. The first-order valence-corrected chi connectivity index (χ1v) is 10.8. The number of aliphatic hydroxyl groups excluding tert-OH is 2. The highest BCUT2D eigenvalue weighted by molar-refractivity contribution is 5.82. The molecule has 1 unspecified atom stereocenters. The van der Waals surface area contributed by atoms with E-state index in [0.29, 0.717) is 5.56 Å². The quantitative estimate of drug-likeness (QED) is 0.354. The van der Waals surface area contributed by atoms with Crippen molar-refractivity contribution < 1.29 is 32.7 Å². The predicted octanol–water partition coefficient (Wildman–Crippen LogP) is 3.53. The monoisotopic (exact) mass is 501 g/mol. The Labute approximate surface area is 203 Å². The normalized spacial score (nSPS) is 13.0. The molecule has 0 saturated heterocycles. The standard InChI is InChI=1S/C24H22F3N5O4/c1-23(2,13-33)30-21(35)18(34)14-8-10-15(11-9-14)20-29-22(36-31-20)17-12-28-32(19(17)24(25,26)27)16-6-4-3-5-7-16/h3-12,18,33-34H,13H2,1-2H3,(H,30,35). The van der Waals surface area contributed by atoms with Gasteiger partial charge in [-0.3, -0.25) is 4.79 Å². The molecule has 9 nitrogen and oxygen atoms in total. The zero-order valence-electron chi connectivity index (χ0n) is 19.2. The summed E-state index contributed by atoms with van der Waals surface area (Å²) in [5, 5.41) is 29.8. The molecule has 0 bridgehead atoms. The number of aromatic nitrogens is 4. The maximum Gasteiger partial charge on any atom is 0.434 e. The number of amides is 1. The maximum absolute atomic E-state index is 13.9. The second kappa shape index (κ2) is 9.55. The third-order valence-corrected chi connectivity index (χ3v) is 5.28. The molecule has 2 aromatic heterocycles. The van der Waals surface area contributed by atoms with Crippen LogP contribution in [-0.2, 0) is 11.0 Å². The molecular formula is C24H22F3N5O4. The molecule has 0 spiro atoms. The first-order chi connectivity index (χ1) is 17.0. The summed E-state index contributed by atoms with van der Waals surface area (Å²) in [7, 11) is 0. The summed E-state index contributed by atoms with van der Waals surface area (Å²) in [6, 6.07) is 13.8. The molecule has 3 N–H and O–H groups in total. The fourth-order valence-electron chi connectivity index (χ4n) is 3.40. The van der Waals surface area contributed by atoms with Gasteiger partial charge in [0.1, 0.15) is 0 Å². The molecular weight excluding hydrogens is 479 g/mol. The van der Waals surface area contributed by atoms with Gasteiger partial charge >= 0.3 is 6.18 Å². The number of aliphatic hydroxyl groups is 2. The van der Waals surface area contributed by atoms with Gasteiger partial charge in [0.05, 0.1) is 29.6 Å². The molecule has 0 aliphatic carbocycles. The van der Waals surface area contributed by atoms with Crippen LogP contribution in [0.1, 0.15) is 31.2 Å². The van der Waals surface area contributed by atoms with Gasteiger partial charge in [0.25, 0.3) is 11.8 Å². The molecule has 2 heterocycles. The number of rotatable bonds is 7. The molecule has 4 rings (SSSR count). The average Bonchev–Trinajstić information content (AvgIpc) is 3.51. The number of nitrogens with zero attached hydrogens (tertiary/aromatic N) is 4. The Bertz CT molecular complexity index is 1350. The number of carbonyl (C=O) groups is 1. The van der Waals surface area contributed by atoms with Crippen molar-refractivity contribution in [3.8, 4) is 28.5 Å². The van der Waals surface area contributed by atoms with E-state index in [1.807, 2.05) is 0 Å². The summed E-state index contributed by atoms with van der Waals surface area (Å²) < 4.78 is 47.7. The summed E-state index contributed by atoms with van der Waals surface area (Å²) in [4.78, 5) is 16.3. The summed E-state index contributed by atoms with van der Waals surface area (Å²) >= 11 is 0. The highest BCUT2D eigenvalue weighted by atomic mass is 19.4. The van der Waals surface area contributed by atoms with E-state index < -0.39 is 29.4 Å². The topological polar surface area (TPSA) is 126 Å². The molecule has 12 heteroatoms. The number of alkyl halides is 3.